The Labute approximate surface area is 126 Å². The molecule has 4 nitrogen and oxygen atoms in total. The summed E-state index contributed by atoms with van der Waals surface area (Å²) < 4.78 is 0. The maximum Gasteiger partial charge on any atom is 0.231 e. The van der Waals surface area contributed by atoms with Gasteiger partial charge >= 0.3 is 0 Å². The standard InChI is InChI=1S/C17H26N2O2/c1-12-10-15(20)13(2)9-14(12)19-16(21)17(11-18)7-5-3-4-6-8-17/h9-10,20H,3-8,11,18H2,1-2H3,(H,19,21). The van der Waals surface area contributed by atoms with Crippen molar-refractivity contribution in [2.45, 2.75) is 52.4 Å². The van der Waals surface area contributed by atoms with Gasteiger partial charge in [0.05, 0.1) is 5.41 Å². The summed E-state index contributed by atoms with van der Waals surface area (Å²) in [5, 5.41) is 12.7. The summed E-state index contributed by atoms with van der Waals surface area (Å²) in [6.45, 7) is 4.11. The van der Waals surface area contributed by atoms with Crippen molar-refractivity contribution < 1.29 is 9.90 Å². The molecule has 0 saturated heterocycles. The molecule has 0 heterocycles. The average molecular weight is 290 g/mol. The minimum absolute atomic E-state index is 0.0279. The molecule has 4 heteroatoms. The van der Waals surface area contributed by atoms with Gasteiger partial charge in [0.25, 0.3) is 0 Å². The third kappa shape index (κ3) is 3.38. The van der Waals surface area contributed by atoms with Crippen LogP contribution >= 0.6 is 0 Å². The maximum atomic E-state index is 12.8. The molecule has 0 bridgehead atoms. The first kappa shape index (κ1) is 15.8. The van der Waals surface area contributed by atoms with Gasteiger partial charge in [0.15, 0.2) is 0 Å². The van der Waals surface area contributed by atoms with Crippen molar-refractivity contribution in [3.8, 4) is 5.75 Å². The van der Waals surface area contributed by atoms with Crippen LogP contribution in [0.15, 0.2) is 12.1 Å². The van der Waals surface area contributed by atoms with Gasteiger partial charge in [-0.15, -0.1) is 0 Å². The highest BCUT2D eigenvalue weighted by Crippen LogP contribution is 2.36. The van der Waals surface area contributed by atoms with Gasteiger partial charge in [0.1, 0.15) is 5.75 Å². The van der Waals surface area contributed by atoms with Gasteiger partial charge < -0.3 is 16.2 Å². The van der Waals surface area contributed by atoms with Crippen molar-refractivity contribution >= 4 is 11.6 Å². The quantitative estimate of drug-likeness (QED) is 0.591. The second kappa shape index (κ2) is 6.48. The fraction of sp³-hybridized carbons (Fsp3) is 0.588. The second-order valence-corrected chi connectivity index (χ2v) is 6.31. The van der Waals surface area contributed by atoms with E-state index in [1.807, 2.05) is 19.9 Å². The molecule has 0 atom stereocenters. The smallest absolute Gasteiger partial charge is 0.231 e. The number of carbonyl (C=O) groups is 1. The Morgan fingerprint density at radius 2 is 1.81 bits per heavy atom. The Morgan fingerprint density at radius 3 is 2.38 bits per heavy atom. The fourth-order valence-corrected chi connectivity index (χ4v) is 3.12. The number of carbonyl (C=O) groups excluding carboxylic acids is 1. The lowest BCUT2D eigenvalue weighted by Crippen LogP contribution is -2.42. The predicted molar refractivity (Wildman–Crippen MR) is 85.4 cm³/mol. The van der Waals surface area contributed by atoms with E-state index < -0.39 is 5.41 Å². The largest absolute Gasteiger partial charge is 0.508 e. The van der Waals surface area contributed by atoms with Crippen LogP contribution < -0.4 is 11.1 Å². The van der Waals surface area contributed by atoms with E-state index in [0.717, 1.165) is 42.5 Å². The van der Waals surface area contributed by atoms with E-state index in [2.05, 4.69) is 5.32 Å². The van der Waals surface area contributed by atoms with Crippen LogP contribution in [0.3, 0.4) is 0 Å². The summed E-state index contributed by atoms with van der Waals surface area (Å²) in [4.78, 5) is 12.8. The summed E-state index contributed by atoms with van der Waals surface area (Å²) in [5.74, 6) is 0.286. The van der Waals surface area contributed by atoms with Crippen LogP contribution in [0.25, 0.3) is 0 Å². The van der Waals surface area contributed by atoms with Gasteiger partial charge in [-0.1, -0.05) is 25.7 Å². The molecular weight excluding hydrogens is 264 g/mol. The molecule has 1 aromatic carbocycles. The lowest BCUT2D eigenvalue weighted by atomic mass is 9.79. The predicted octanol–water partition coefficient (Wildman–Crippen LogP) is 3.25. The van der Waals surface area contributed by atoms with Gasteiger partial charge in [-0.25, -0.2) is 0 Å². The number of nitrogens with one attached hydrogen (secondary N) is 1. The number of nitrogens with two attached hydrogens (primary N) is 1. The second-order valence-electron chi connectivity index (χ2n) is 6.31. The number of aromatic hydroxyl groups is 1. The zero-order valence-corrected chi connectivity index (χ0v) is 13.0. The third-order valence-electron chi connectivity index (χ3n) is 4.72. The monoisotopic (exact) mass is 290 g/mol. The van der Waals surface area contributed by atoms with Gasteiger partial charge in [-0.3, -0.25) is 4.79 Å². The first-order valence-electron chi connectivity index (χ1n) is 7.80. The van der Waals surface area contributed by atoms with Crippen molar-refractivity contribution in [2.24, 2.45) is 11.1 Å². The van der Waals surface area contributed by atoms with E-state index in [9.17, 15) is 9.90 Å². The lowest BCUT2D eigenvalue weighted by molar-refractivity contribution is -0.125. The highest BCUT2D eigenvalue weighted by Gasteiger charge is 2.37. The number of phenolic OH excluding ortho intramolecular Hbond substituents is 1. The Kier molecular flexibility index (Phi) is 4.88. The molecular formula is C17H26N2O2. The van der Waals surface area contributed by atoms with E-state index >= 15 is 0 Å². The Bertz CT molecular complexity index is 518. The molecule has 1 aliphatic rings. The summed E-state index contributed by atoms with van der Waals surface area (Å²) in [6.07, 6.45) is 6.24. The zero-order chi connectivity index (χ0) is 15.5. The SMILES string of the molecule is Cc1cc(NC(=O)C2(CN)CCCCCC2)c(C)cc1O. The summed E-state index contributed by atoms with van der Waals surface area (Å²) in [7, 11) is 0. The number of phenols is 1. The van der Waals surface area contributed by atoms with E-state index in [4.69, 9.17) is 5.73 Å². The number of hydrogen-bond acceptors (Lipinski definition) is 3. The van der Waals surface area contributed by atoms with Crippen LogP contribution in [0.1, 0.15) is 49.7 Å². The Morgan fingerprint density at radius 1 is 1.19 bits per heavy atom. The molecule has 1 aliphatic carbocycles. The Balaban J connectivity index is 2.21. The highest BCUT2D eigenvalue weighted by molar-refractivity contribution is 5.96. The molecule has 0 spiro atoms. The highest BCUT2D eigenvalue weighted by atomic mass is 16.3. The molecule has 0 aliphatic heterocycles. The molecule has 116 valence electrons. The van der Waals surface area contributed by atoms with Crippen LogP contribution in [-0.2, 0) is 4.79 Å². The average Bonchev–Trinajstić information content (AvgIpc) is 2.71. The molecule has 1 amide bonds. The minimum atomic E-state index is -0.436. The van der Waals surface area contributed by atoms with Crippen molar-refractivity contribution in [1.29, 1.82) is 0 Å². The number of aryl methyl sites for hydroxylation is 2. The van der Waals surface area contributed by atoms with Gasteiger partial charge in [-0.2, -0.15) is 0 Å². The van der Waals surface area contributed by atoms with Gasteiger partial charge in [0.2, 0.25) is 5.91 Å². The van der Waals surface area contributed by atoms with Gasteiger partial charge in [0, 0.05) is 12.2 Å². The van der Waals surface area contributed by atoms with Gasteiger partial charge in [-0.05, 0) is 49.9 Å². The minimum Gasteiger partial charge on any atom is -0.508 e. The van der Waals surface area contributed by atoms with E-state index in [1.54, 1.807) is 6.07 Å². The lowest BCUT2D eigenvalue weighted by Gasteiger charge is -2.30. The van der Waals surface area contributed by atoms with Crippen molar-refractivity contribution in [2.75, 3.05) is 11.9 Å². The zero-order valence-electron chi connectivity index (χ0n) is 13.0. The van der Waals surface area contributed by atoms with Crippen LogP contribution in [-0.4, -0.2) is 17.6 Å². The molecule has 0 radical (unpaired) electrons. The fourth-order valence-electron chi connectivity index (χ4n) is 3.12. The summed E-state index contributed by atoms with van der Waals surface area (Å²) in [5.41, 5.74) is 7.92. The first-order chi connectivity index (χ1) is 9.98. The molecule has 1 fully saturated rings. The molecule has 1 aromatic rings. The normalized spacial score (nSPS) is 18.0. The van der Waals surface area contributed by atoms with Crippen LogP contribution in [0.2, 0.25) is 0 Å². The first-order valence-corrected chi connectivity index (χ1v) is 7.80. The molecule has 21 heavy (non-hydrogen) atoms. The summed E-state index contributed by atoms with van der Waals surface area (Å²) >= 11 is 0. The van der Waals surface area contributed by atoms with Crippen LogP contribution in [0, 0.1) is 19.3 Å². The number of anilines is 1. The van der Waals surface area contributed by atoms with E-state index in [1.165, 1.54) is 12.8 Å². The van der Waals surface area contributed by atoms with E-state index in [0.29, 0.717) is 6.54 Å². The third-order valence-corrected chi connectivity index (χ3v) is 4.72. The molecule has 0 unspecified atom stereocenters. The summed E-state index contributed by atoms with van der Waals surface area (Å²) in [6, 6.07) is 3.51. The van der Waals surface area contributed by atoms with Crippen molar-refractivity contribution in [3.05, 3.63) is 23.3 Å². The molecule has 1 saturated carbocycles. The number of hydrogen-bond donors (Lipinski definition) is 3. The van der Waals surface area contributed by atoms with Crippen molar-refractivity contribution in [3.63, 3.8) is 0 Å². The Hall–Kier alpha value is -1.55. The van der Waals surface area contributed by atoms with Crippen LogP contribution in [0.5, 0.6) is 5.75 Å². The van der Waals surface area contributed by atoms with E-state index in [-0.39, 0.29) is 11.7 Å². The van der Waals surface area contributed by atoms with Crippen molar-refractivity contribution in [1.82, 2.24) is 0 Å². The molecule has 4 N–H and O–H groups in total. The topological polar surface area (TPSA) is 75.4 Å². The number of amides is 1. The number of rotatable bonds is 3. The number of benzene rings is 1. The van der Waals surface area contributed by atoms with Crippen LogP contribution in [0.4, 0.5) is 5.69 Å². The maximum absolute atomic E-state index is 12.8. The molecule has 0 aromatic heterocycles. The molecule has 2 rings (SSSR count).